The molecule has 0 bridgehead atoms. The van der Waals surface area contributed by atoms with Gasteiger partial charge in [0.1, 0.15) is 0 Å². The molecule has 0 unspecified atom stereocenters. The van der Waals surface area contributed by atoms with Crippen LogP contribution in [0.25, 0.3) is 0 Å². The molecule has 0 amide bonds. The van der Waals surface area contributed by atoms with Crippen LogP contribution in [0.2, 0.25) is 0 Å². The van der Waals surface area contributed by atoms with Gasteiger partial charge in [-0.25, -0.2) is 0 Å². The molecule has 0 spiro atoms. The van der Waals surface area contributed by atoms with Crippen molar-refractivity contribution in [2.24, 2.45) is 17.6 Å². The van der Waals surface area contributed by atoms with E-state index in [0.29, 0.717) is 0 Å². The molecule has 2 fully saturated rings. The van der Waals surface area contributed by atoms with Crippen molar-refractivity contribution in [1.82, 2.24) is 0 Å². The molecular weight excluding hydrogens is 150 g/mol. The Bertz CT molecular complexity index is 149. The number of hydrogen-bond donors (Lipinski definition) is 1. The van der Waals surface area contributed by atoms with Gasteiger partial charge in [-0.15, -0.1) is 0 Å². The van der Waals surface area contributed by atoms with E-state index in [9.17, 15) is 0 Å². The highest BCUT2D eigenvalue weighted by Crippen LogP contribution is 2.53. The van der Waals surface area contributed by atoms with Gasteiger partial charge in [-0.1, -0.05) is 0 Å². The van der Waals surface area contributed by atoms with Crippen molar-refractivity contribution in [2.45, 2.75) is 38.2 Å². The van der Waals surface area contributed by atoms with Gasteiger partial charge in [-0.05, 0) is 44.4 Å². The normalized spacial score (nSPS) is 24.5. The first-order chi connectivity index (χ1) is 5.83. The van der Waals surface area contributed by atoms with Gasteiger partial charge in [0.25, 0.3) is 0 Å². The molecule has 0 aromatic heterocycles. The maximum Gasteiger partial charge on any atom is 0.0859 e. The summed E-state index contributed by atoms with van der Waals surface area (Å²) in [6.07, 6.45) is 5.36. The van der Waals surface area contributed by atoms with E-state index in [1.807, 2.05) is 0 Å². The topological polar surface area (TPSA) is 35.2 Å². The summed E-state index contributed by atoms with van der Waals surface area (Å²) in [5.74, 6) is 1.57. The highest BCUT2D eigenvalue weighted by molar-refractivity contribution is 5.06. The zero-order valence-electron chi connectivity index (χ0n) is 7.88. The zero-order valence-corrected chi connectivity index (χ0v) is 7.88. The molecular formula is C10H19NO. The lowest BCUT2D eigenvalue weighted by molar-refractivity contribution is -0.0663. The second-order valence-electron chi connectivity index (χ2n) is 4.14. The predicted octanol–water partition coefficient (Wildman–Crippen LogP) is 1.54. The Balaban J connectivity index is 2.04. The largest absolute Gasteiger partial charge is 0.373 e. The molecule has 2 aliphatic carbocycles. The first kappa shape index (κ1) is 8.52. The van der Waals surface area contributed by atoms with Crippen molar-refractivity contribution in [3.63, 3.8) is 0 Å². The molecule has 2 N–H and O–H groups in total. The third-order valence-corrected chi connectivity index (χ3v) is 3.27. The SMILES string of the molecule is CCOC(CN)(C1CC1)C1CC1. The van der Waals surface area contributed by atoms with Crippen molar-refractivity contribution >= 4 is 0 Å². The summed E-state index contributed by atoms with van der Waals surface area (Å²) in [6, 6.07) is 0. The monoisotopic (exact) mass is 169 g/mol. The Morgan fingerprint density at radius 2 is 1.75 bits per heavy atom. The summed E-state index contributed by atoms with van der Waals surface area (Å²) in [6.45, 7) is 3.63. The molecule has 70 valence electrons. The van der Waals surface area contributed by atoms with E-state index in [0.717, 1.165) is 25.0 Å². The van der Waals surface area contributed by atoms with Crippen LogP contribution in [-0.4, -0.2) is 18.8 Å². The molecule has 0 saturated heterocycles. The van der Waals surface area contributed by atoms with Crippen LogP contribution in [0.4, 0.5) is 0 Å². The molecule has 2 rings (SSSR count). The number of hydrogen-bond acceptors (Lipinski definition) is 2. The summed E-state index contributed by atoms with van der Waals surface area (Å²) in [7, 11) is 0. The van der Waals surface area contributed by atoms with Crippen molar-refractivity contribution in [2.75, 3.05) is 13.2 Å². The van der Waals surface area contributed by atoms with Crippen molar-refractivity contribution in [3.8, 4) is 0 Å². The second-order valence-corrected chi connectivity index (χ2v) is 4.14. The quantitative estimate of drug-likeness (QED) is 0.677. The van der Waals surface area contributed by atoms with Gasteiger partial charge in [0.15, 0.2) is 0 Å². The highest BCUT2D eigenvalue weighted by atomic mass is 16.5. The van der Waals surface area contributed by atoms with Gasteiger partial charge < -0.3 is 10.5 Å². The maximum absolute atomic E-state index is 5.90. The molecule has 2 heteroatoms. The Labute approximate surface area is 74.5 Å². The summed E-state index contributed by atoms with van der Waals surface area (Å²) in [5.41, 5.74) is 5.94. The Morgan fingerprint density at radius 1 is 1.25 bits per heavy atom. The molecule has 0 aromatic rings. The Morgan fingerprint density at radius 3 is 2.00 bits per heavy atom. The number of ether oxygens (including phenoxy) is 1. The van der Waals surface area contributed by atoms with E-state index >= 15 is 0 Å². The van der Waals surface area contributed by atoms with E-state index in [2.05, 4.69) is 6.92 Å². The predicted molar refractivity (Wildman–Crippen MR) is 48.9 cm³/mol. The molecule has 2 nitrogen and oxygen atoms in total. The van der Waals surface area contributed by atoms with Crippen LogP contribution >= 0.6 is 0 Å². The van der Waals surface area contributed by atoms with Crippen LogP contribution in [0, 0.1) is 11.8 Å². The van der Waals surface area contributed by atoms with Crippen molar-refractivity contribution in [3.05, 3.63) is 0 Å². The first-order valence-corrected chi connectivity index (χ1v) is 5.17. The molecule has 0 aliphatic heterocycles. The van der Waals surface area contributed by atoms with Gasteiger partial charge in [-0.3, -0.25) is 0 Å². The van der Waals surface area contributed by atoms with Crippen LogP contribution in [0.3, 0.4) is 0 Å². The zero-order chi connectivity index (χ0) is 8.60. The van der Waals surface area contributed by atoms with Crippen LogP contribution in [0.1, 0.15) is 32.6 Å². The Hall–Kier alpha value is -0.0800. The van der Waals surface area contributed by atoms with Gasteiger partial charge in [0.2, 0.25) is 0 Å². The van der Waals surface area contributed by atoms with Crippen LogP contribution in [0.15, 0.2) is 0 Å². The van der Waals surface area contributed by atoms with Gasteiger partial charge in [0.05, 0.1) is 5.60 Å². The first-order valence-electron chi connectivity index (χ1n) is 5.17. The van der Waals surface area contributed by atoms with E-state index in [1.54, 1.807) is 0 Å². The number of nitrogens with two attached hydrogens (primary N) is 1. The van der Waals surface area contributed by atoms with Crippen LogP contribution in [-0.2, 0) is 4.74 Å². The minimum Gasteiger partial charge on any atom is -0.373 e. The standard InChI is InChI=1S/C10H19NO/c1-2-12-10(7-11,8-3-4-8)9-5-6-9/h8-9H,2-7,11H2,1H3. The third kappa shape index (κ3) is 1.27. The fraction of sp³-hybridized carbons (Fsp3) is 1.00. The minimum absolute atomic E-state index is 0.0920. The average Bonchev–Trinajstić information content (AvgIpc) is 2.88. The second kappa shape index (κ2) is 3.00. The lowest BCUT2D eigenvalue weighted by Crippen LogP contribution is -2.45. The molecule has 2 aliphatic rings. The molecule has 0 heterocycles. The molecule has 0 radical (unpaired) electrons. The number of rotatable bonds is 5. The third-order valence-electron chi connectivity index (χ3n) is 3.27. The average molecular weight is 169 g/mol. The summed E-state index contributed by atoms with van der Waals surface area (Å²) in [4.78, 5) is 0. The fourth-order valence-electron chi connectivity index (χ4n) is 2.37. The van der Waals surface area contributed by atoms with Crippen LogP contribution < -0.4 is 5.73 Å². The van der Waals surface area contributed by atoms with E-state index in [1.165, 1.54) is 25.7 Å². The van der Waals surface area contributed by atoms with Gasteiger partial charge in [-0.2, -0.15) is 0 Å². The van der Waals surface area contributed by atoms with E-state index < -0.39 is 0 Å². The van der Waals surface area contributed by atoms with Crippen LogP contribution in [0.5, 0.6) is 0 Å². The maximum atomic E-state index is 5.90. The lowest BCUT2D eigenvalue weighted by Gasteiger charge is -2.32. The minimum atomic E-state index is 0.0920. The molecule has 12 heavy (non-hydrogen) atoms. The lowest BCUT2D eigenvalue weighted by atomic mass is 9.91. The summed E-state index contributed by atoms with van der Waals surface area (Å²) in [5, 5.41) is 0. The van der Waals surface area contributed by atoms with Gasteiger partial charge in [0, 0.05) is 13.2 Å². The fourth-order valence-corrected chi connectivity index (χ4v) is 2.37. The molecule has 2 saturated carbocycles. The molecule has 0 aromatic carbocycles. The summed E-state index contributed by atoms with van der Waals surface area (Å²) < 4.78 is 5.90. The van der Waals surface area contributed by atoms with Crippen molar-refractivity contribution < 1.29 is 4.74 Å². The summed E-state index contributed by atoms with van der Waals surface area (Å²) >= 11 is 0. The Kier molecular flexibility index (Phi) is 2.13. The van der Waals surface area contributed by atoms with E-state index in [4.69, 9.17) is 10.5 Å². The highest BCUT2D eigenvalue weighted by Gasteiger charge is 2.54. The van der Waals surface area contributed by atoms with Gasteiger partial charge >= 0.3 is 0 Å². The van der Waals surface area contributed by atoms with Crippen molar-refractivity contribution in [1.29, 1.82) is 0 Å². The smallest absolute Gasteiger partial charge is 0.0859 e. The van der Waals surface area contributed by atoms with E-state index in [-0.39, 0.29) is 5.60 Å². The molecule has 0 atom stereocenters.